The van der Waals surface area contributed by atoms with Crippen LogP contribution in [-0.2, 0) is 4.79 Å². The molecule has 1 rings (SSSR count). The van der Waals surface area contributed by atoms with Crippen LogP contribution in [0.25, 0.3) is 0 Å². The summed E-state index contributed by atoms with van der Waals surface area (Å²) in [6.07, 6.45) is 0. The van der Waals surface area contributed by atoms with Crippen LogP contribution in [0, 0.1) is 17.0 Å². The molecule has 20 heavy (non-hydrogen) atoms. The summed E-state index contributed by atoms with van der Waals surface area (Å²) in [5.41, 5.74) is -0.0661. The van der Waals surface area contributed by atoms with Gasteiger partial charge in [-0.15, -0.1) is 0 Å². The molecule has 1 aromatic heterocycles. The molecule has 1 amide bonds. The van der Waals surface area contributed by atoms with Crippen molar-refractivity contribution in [3.8, 4) is 0 Å². The summed E-state index contributed by atoms with van der Waals surface area (Å²) >= 11 is 5.76. The van der Waals surface area contributed by atoms with Crippen molar-refractivity contribution in [1.29, 1.82) is 0 Å². The van der Waals surface area contributed by atoms with E-state index in [4.69, 9.17) is 11.6 Å². The number of aryl methyl sites for hydroxylation is 1. The van der Waals surface area contributed by atoms with Crippen molar-refractivity contribution in [2.24, 2.45) is 0 Å². The average molecular weight is 302 g/mol. The van der Waals surface area contributed by atoms with Gasteiger partial charge in [-0.05, 0) is 25.4 Å². The van der Waals surface area contributed by atoms with Crippen LogP contribution in [0.15, 0.2) is 0 Å². The largest absolute Gasteiger partial charge is 0.347 e. The van der Waals surface area contributed by atoms with Gasteiger partial charge < -0.3 is 9.80 Å². The van der Waals surface area contributed by atoms with Gasteiger partial charge in [0, 0.05) is 20.6 Å². The molecule has 8 nitrogen and oxygen atoms in total. The normalized spacial score (nSPS) is 10.2. The molecule has 0 aliphatic heterocycles. The Balaban J connectivity index is 3.27. The van der Waals surface area contributed by atoms with Gasteiger partial charge in [-0.1, -0.05) is 0 Å². The molecule has 0 saturated heterocycles. The number of likely N-dealkylation sites (N-methyl/N-ethyl adjacent to an activating group) is 2. The Morgan fingerprint density at radius 2 is 2.00 bits per heavy atom. The number of carbonyl (C=O) groups excluding carboxylic acids is 1. The van der Waals surface area contributed by atoms with Crippen LogP contribution in [0.4, 0.5) is 11.5 Å². The van der Waals surface area contributed by atoms with E-state index in [1.807, 2.05) is 0 Å². The molecule has 0 saturated carbocycles. The number of halogens is 1. The van der Waals surface area contributed by atoms with Gasteiger partial charge in [-0.3, -0.25) is 14.9 Å². The molecule has 0 N–H and O–H groups in total. The first-order valence-corrected chi connectivity index (χ1v) is 6.29. The van der Waals surface area contributed by atoms with Gasteiger partial charge in [0.05, 0.1) is 11.5 Å². The Morgan fingerprint density at radius 3 is 2.45 bits per heavy atom. The van der Waals surface area contributed by atoms with Gasteiger partial charge in [-0.25, -0.2) is 4.98 Å². The van der Waals surface area contributed by atoms with Crippen LogP contribution < -0.4 is 4.90 Å². The minimum atomic E-state index is -0.566. The lowest BCUT2D eigenvalue weighted by Crippen LogP contribution is -2.37. The van der Waals surface area contributed by atoms with Crippen molar-refractivity contribution in [3.63, 3.8) is 0 Å². The number of hydrogen-bond donors (Lipinski definition) is 0. The Bertz CT molecular complexity index is 535. The maximum atomic E-state index is 11.8. The Kier molecular flexibility index (Phi) is 5.20. The fourth-order valence-electron chi connectivity index (χ4n) is 1.59. The van der Waals surface area contributed by atoms with Crippen molar-refractivity contribution < 1.29 is 9.72 Å². The number of amides is 1. The molecular weight excluding hydrogens is 286 g/mol. The Hall–Kier alpha value is -1.96. The van der Waals surface area contributed by atoms with Gasteiger partial charge >= 0.3 is 5.69 Å². The third-order valence-corrected chi connectivity index (χ3v) is 2.87. The maximum absolute atomic E-state index is 11.8. The standard InChI is InChI=1S/C11H16ClN5O3/c1-5-16(6-8(18)15(3)4)10-9(17(19)20)7(2)13-11(12)14-10/h5-6H2,1-4H3. The summed E-state index contributed by atoms with van der Waals surface area (Å²) in [5.74, 6) is -0.126. The van der Waals surface area contributed by atoms with E-state index < -0.39 is 4.92 Å². The molecular formula is C11H16ClN5O3. The fourth-order valence-corrected chi connectivity index (χ4v) is 1.80. The highest BCUT2D eigenvalue weighted by Gasteiger charge is 2.26. The van der Waals surface area contributed by atoms with Crippen molar-refractivity contribution in [3.05, 3.63) is 21.1 Å². The smallest absolute Gasteiger partial charge is 0.332 e. The molecule has 1 heterocycles. The van der Waals surface area contributed by atoms with Crippen LogP contribution in [0.3, 0.4) is 0 Å². The van der Waals surface area contributed by atoms with Gasteiger partial charge in [0.15, 0.2) is 0 Å². The second-order valence-electron chi connectivity index (χ2n) is 4.31. The topological polar surface area (TPSA) is 92.5 Å². The van der Waals surface area contributed by atoms with Crippen molar-refractivity contribution >= 4 is 29.0 Å². The van der Waals surface area contributed by atoms with E-state index in [9.17, 15) is 14.9 Å². The quantitative estimate of drug-likeness (QED) is 0.462. The van der Waals surface area contributed by atoms with Crippen LogP contribution in [0.1, 0.15) is 12.6 Å². The molecule has 1 aromatic rings. The lowest BCUT2D eigenvalue weighted by Gasteiger charge is -2.23. The fraction of sp³-hybridized carbons (Fsp3) is 0.545. The number of nitrogens with zero attached hydrogens (tertiary/aromatic N) is 5. The molecule has 110 valence electrons. The molecule has 0 aliphatic carbocycles. The summed E-state index contributed by atoms with van der Waals surface area (Å²) < 4.78 is 0. The molecule has 0 bridgehead atoms. The lowest BCUT2D eigenvalue weighted by atomic mass is 10.3. The lowest BCUT2D eigenvalue weighted by molar-refractivity contribution is -0.385. The summed E-state index contributed by atoms with van der Waals surface area (Å²) in [7, 11) is 3.23. The minimum absolute atomic E-state index is 0.0167. The second kappa shape index (κ2) is 6.47. The number of carbonyl (C=O) groups is 1. The van der Waals surface area contributed by atoms with Crippen molar-refractivity contribution in [2.45, 2.75) is 13.8 Å². The van der Waals surface area contributed by atoms with Gasteiger partial charge in [0.25, 0.3) is 0 Å². The predicted octanol–water partition coefficient (Wildman–Crippen LogP) is 1.26. The molecule has 0 atom stereocenters. The van der Waals surface area contributed by atoms with Gasteiger partial charge in [0.1, 0.15) is 5.69 Å². The summed E-state index contributed by atoms with van der Waals surface area (Å²) in [5, 5.41) is 11.1. The molecule has 9 heteroatoms. The molecule has 0 fully saturated rings. The first-order valence-electron chi connectivity index (χ1n) is 5.91. The van der Waals surface area contributed by atoms with Crippen LogP contribution >= 0.6 is 11.6 Å². The highest BCUT2D eigenvalue weighted by atomic mass is 35.5. The Morgan fingerprint density at radius 1 is 1.40 bits per heavy atom. The maximum Gasteiger partial charge on any atom is 0.332 e. The first-order chi connectivity index (χ1) is 9.27. The summed E-state index contributed by atoms with van der Waals surface area (Å²) in [6, 6.07) is 0. The highest BCUT2D eigenvalue weighted by Crippen LogP contribution is 2.29. The van der Waals surface area contributed by atoms with Crippen LogP contribution in [-0.4, -0.2) is 52.9 Å². The molecule has 0 aliphatic rings. The van der Waals surface area contributed by atoms with E-state index in [0.29, 0.717) is 6.54 Å². The van der Waals surface area contributed by atoms with Gasteiger partial charge in [-0.2, -0.15) is 4.98 Å². The Labute approximate surface area is 121 Å². The predicted molar refractivity (Wildman–Crippen MR) is 75.0 cm³/mol. The molecule has 0 radical (unpaired) electrons. The van der Waals surface area contributed by atoms with Crippen LogP contribution in [0.5, 0.6) is 0 Å². The zero-order valence-electron chi connectivity index (χ0n) is 11.8. The summed E-state index contributed by atoms with van der Waals surface area (Å²) in [4.78, 5) is 33.0. The molecule has 0 unspecified atom stereocenters. The second-order valence-corrected chi connectivity index (χ2v) is 4.65. The van der Waals surface area contributed by atoms with Crippen molar-refractivity contribution in [2.75, 3.05) is 32.1 Å². The van der Waals surface area contributed by atoms with E-state index in [0.717, 1.165) is 0 Å². The average Bonchev–Trinajstić information content (AvgIpc) is 2.33. The third kappa shape index (κ3) is 3.53. The van der Waals surface area contributed by atoms with Gasteiger partial charge in [0.2, 0.25) is 17.0 Å². The highest BCUT2D eigenvalue weighted by molar-refractivity contribution is 6.28. The van der Waals surface area contributed by atoms with Crippen molar-refractivity contribution in [1.82, 2.24) is 14.9 Å². The monoisotopic (exact) mass is 301 g/mol. The zero-order valence-corrected chi connectivity index (χ0v) is 12.5. The molecule has 0 aromatic carbocycles. The number of hydrogen-bond acceptors (Lipinski definition) is 6. The SMILES string of the molecule is CCN(CC(=O)N(C)C)c1nc(Cl)nc(C)c1[N+](=O)[O-]. The van der Waals surface area contributed by atoms with E-state index >= 15 is 0 Å². The third-order valence-electron chi connectivity index (χ3n) is 2.70. The number of rotatable bonds is 5. The summed E-state index contributed by atoms with van der Waals surface area (Å²) in [6.45, 7) is 3.62. The van der Waals surface area contributed by atoms with E-state index in [2.05, 4.69) is 9.97 Å². The number of nitro groups is 1. The number of anilines is 1. The van der Waals surface area contributed by atoms with E-state index in [-0.39, 0.29) is 34.9 Å². The van der Waals surface area contributed by atoms with E-state index in [1.54, 1.807) is 21.0 Å². The molecule has 0 spiro atoms. The van der Waals surface area contributed by atoms with Crippen LogP contribution in [0.2, 0.25) is 5.28 Å². The first kappa shape index (κ1) is 16.1. The number of aromatic nitrogens is 2. The van der Waals surface area contributed by atoms with E-state index in [1.165, 1.54) is 16.7 Å². The minimum Gasteiger partial charge on any atom is -0.347 e. The zero-order chi connectivity index (χ0) is 15.4.